The van der Waals surface area contributed by atoms with Crippen molar-refractivity contribution in [2.75, 3.05) is 6.54 Å². The highest BCUT2D eigenvalue weighted by Crippen LogP contribution is 2.29. The third-order valence-electron chi connectivity index (χ3n) is 6.44. The van der Waals surface area contributed by atoms with Crippen LogP contribution in [0.1, 0.15) is 101 Å². The van der Waals surface area contributed by atoms with E-state index in [0.29, 0.717) is 17.8 Å². The van der Waals surface area contributed by atoms with Gasteiger partial charge in [-0.1, -0.05) is 102 Å². The van der Waals surface area contributed by atoms with E-state index in [2.05, 4.69) is 11.6 Å². The van der Waals surface area contributed by atoms with Crippen LogP contribution in [0.2, 0.25) is 0 Å². The number of rotatable bonds is 18. The van der Waals surface area contributed by atoms with E-state index in [0.717, 1.165) is 36.2 Å². The maximum atomic E-state index is 12.8. The Hall–Kier alpha value is -2.23. The average Bonchev–Trinajstić information content (AvgIpc) is 3.37. The number of hydrogen-bond acceptors (Lipinski definition) is 5. The Morgan fingerprint density at radius 1 is 0.892 bits per heavy atom. The molecule has 2 N–H and O–H groups in total. The highest BCUT2D eigenvalue weighted by Gasteiger charge is 2.29. The van der Waals surface area contributed by atoms with Gasteiger partial charge in [0, 0.05) is 11.4 Å². The van der Waals surface area contributed by atoms with Crippen LogP contribution in [0.25, 0.3) is 0 Å². The molecule has 0 fully saturated rings. The molecule has 0 aliphatic rings. The lowest BCUT2D eigenvalue weighted by Gasteiger charge is -2.30. The molecule has 7 nitrogen and oxygen atoms in total. The van der Waals surface area contributed by atoms with Gasteiger partial charge in [-0.05, 0) is 30.5 Å². The Bertz CT molecular complexity index is 1050. The molecule has 0 saturated heterocycles. The number of benzene rings is 1. The molecule has 37 heavy (non-hydrogen) atoms. The quantitative estimate of drug-likeness (QED) is 0.163. The number of carboxylic acids is 1. The van der Waals surface area contributed by atoms with Crippen LogP contribution in [0.5, 0.6) is 0 Å². The number of thiophene rings is 1. The van der Waals surface area contributed by atoms with Crippen LogP contribution < -0.4 is 4.72 Å². The van der Waals surface area contributed by atoms with Crippen molar-refractivity contribution < 1.29 is 23.1 Å². The van der Waals surface area contributed by atoms with Gasteiger partial charge in [-0.3, -0.25) is 4.79 Å². The molecule has 0 aliphatic carbocycles. The van der Waals surface area contributed by atoms with Crippen molar-refractivity contribution in [3.63, 3.8) is 0 Å². The van der Waals surface area contributed by atoms with E-state index in [1.807, 2.05) is 37.3 Å². The fourth-order valence-corrected chi connectivity index (χ4v) is 6.88. The Morgan fingerprint density at radius 3 is 2.05 bits per heavy atom. The van der Waals surface area contributed by atoms with Crippen LogP contribution in [0.15, 0.2) is 46.7 Å². The van der Waals surface area contributed by atoms with Gasteiger partial charge in [0.2, 0.25) is 10.0 Å². The van der Waals surface area contributed by atoms with Gasteiger partial charge in [-0.15, -0.1) is 11.3 Å². The summed E-state index contributed by atoms with van der Waals surface area (Å²) in [6, 6.07) is 12.0. The van der Waals surface area contributed by atoms with Gasteiger partial charge >= 0.3 is 11.9 Å². The molecule has 0 bridgehead atoms. The number of nitrogens with one attached hydrogen (secondary N) is 1. The van der Waals surface area contributed by atoms with Crippen molar-refractivity contribution in [2.24, 2.45) is 0 Å². The topological polar surface area (TPSA) is 104 Å². The summed E-state index contributed by atoms with van der Waals surface area (Å²) in [4.78, 5) is 26.0. The van der Waals surface area contributed by atoms with Crippen LogP contribution in [-0.4, -0.2) is 36.8 Å². The summed E-state index contributed by atoms with van der Waals surface area (Å²) in [6.07, 6.45) is 12.4. The lowest BCUT2D eigenvalue weighted by molar-refractivity contribution is -0.157. The molecule has 0 spiro atoms. The molecule has 2 rings (SSSR count). The molecule has 2 aromatic rings. The molecule has 1 aromatic heterocycles. The molecule has 0 aliphatic heterocycles. The summed E-state index contributed by atoms with van der Waals surface area (Å²) in [5.74, 6) is -2.54. The monoisotopic (exact) mass is 550 g/mol. The van der Waals surface area contributed by atoms with Gasteiger partial charge in [0.1, 0.15) is 4.21 Å². The molecular formula is C28H42N2O5S2. The Balaban J connectivity index is 1.89. The van der Waals surface area contributed by atoms with E-state index >= 15 is 0 Å². The van der Waals surface area contributed by atoms with Crippen LogP contribution in [-0.2, 0) is 26.2 Å². The Morgan fingerprint density at radius 2 is 1.49 bits per heavy atom. The SMILES string of the molecule is CCCCCCCCCCCCNS(=O)(=O)c1ccc(CN(C(=O)C(=O)O)C(CC)c2ccccc2)s1. The number of amides is 1. The summed E-state index contributed by atoms with van der Waals surface area (Å²) in [6.45, 7) is 4.53. The number of carboxylic acid groups (broad SMARTS) is 1. The zero-order valence-electron chi connectivity index (χ0n) is 22.2. The maximum absolute atomic E-state index is 12.8. The molecule has 1 heterocycles. The van der Waals surface area contributed by atoms with Crippen LogP contribution in [0.4, 0.5) is 0 Å². The molecule has 206 valence electrons. The molecule has 1 atom stereocenters. The smallest absolute Gasteiger partial charge is 0.394 e. The normalized spacial score (nSPS) is 12.4. The fourth-order valence-electron chi connectivity index (χ4n) is 4.40. The van der Waals surface area contributed by atoms with Crippen molar-refractivity contribution in [3.05, 3.63) is 52.9 Å². The average molecular weight is 551 g/mol. The van der Waals surface area contributed by atoms with Gasteiger partial charge in [-0.2, -0.15) is 0 Å². The van der Waals surface area contributed by atoms with Crippen molar-refractivity contribution in [1.82, 2.24) is 9.62 Å². The molecule has 1 unspecified atom stereocenters. The van der Waals surface area contributed by atoms with Crippen molar-refractivity contribution in [1.29, 1.82) is 0 Å². The largest absolute Gasteiger partial charge is 0.474 e. The zero-order valence-corrected chi connectivity index (χ0v) is 23.8. The van der Waals surface area contributed by atoms with Gasteiger partial charge in [0.15, 0.2) is 0 Å². The van der Waals surface area contributed by atoms with E-state index in [1.165, 1.54) is 55.9 Å². The van der Waals surface area contributed by atoms with E-state index in [9.17, 15) is 23.1 Å². The van der Waals surface area contributed by atoms with E-state index in [4.69, 9.17) is 0 Å². The first-order chi connectivity index (χ1) is 17.8. The second-order valence-electron chi connectivity index (χ2n) is 9.37. The van der Waals surface area contributed by atoms with Crippen LogP contribution in [0.3, 0.4) is 0 Å². The summed E-state index contributed by atoms with van der Waals surface area (Å²) < 4.78 is 28.4. The van der Waals surface area contributed by atoms with Crippen molar-refractivity contribution in [3.8, 4) is 0 Å². The zero-order chi connectivity index (χ0) is 27.1. The predicted octanol–water partition coefficient (Wildman–Crippen LogP) is 6.51. The third-order valence-corrected chi connectivity index (χ3v) is 9.46. The van der Waals surface area contributed by atoms with Gasteiger partial charge in [0.25, 0.3) is 0 Å². The molecular weight excluding hydrogens is 508 g/mol. The van der Waals surface area contributed by atoms with E-state index in [-0.39, 0.29) is 10.8 Å². The van der Waals surface area contributed by atoms with E-state index < -0.39 is 27.9 Å². The number of sulfonamides is 1. The number of carbonyl (C=O) groups excluding carboxylic acids is 1. The number of carbonyl (C=O) groups is 2. The summed E-state index contributed by atoms with van der Waals surface area (Å²) >= 11 is 1.07. The number of hydrogen-bond donors (Lipinski definition) is 2. The van der Waals surface area contributed by atoms with Crippen molar-refractivity contribution >= 4 is 33.2 Å². The molecule has 0 radical (unpaired) electrons. The third kappa shape index (κ3) is 10.6. The second-order valence-corrected chi connectivity index (χ2v) is 12.5. The van der Waals surface area contributed by atoms with Gasteiger partial charge < -0.3 is 10.0 Å². The van der Waals surface area contributed by atoms with E-state index in [1.54, 1.807) is 6.07 Å². The van der Waals surface area contributed by atoms with Crippen molar-refractivity contribution in [2.45, 2.75) is 101 Å². The molecule has 1 aromatic carbocycles. The highest BCUT2D eigenvalue weighted by atomic mass is 32.2. The molecule has 9 heteroatoms. The maximum Gasteiger partial charge on any atom is 0.394 e. The van der Waals surface area contributed by atoms with Gasteiger partial charge in [0.05, 0.1) is 12.6 Å². The summed E-state index contributed by atoms with van der Waals surface area (Å²) in [7, 11) is -3.65. The number of nitrogens with zero attached hydrogens (tertiary/aromatic N) is 1. The first-order valence-electron chi connectivity index (χ1n) is 13.5. The lowest BCUT2D eigenvalue weighted by Crippen LogP contribution is -2.38. The Kier molecular flexibility index (Phi) is 13.9. The predicted molar refractivity (Wildman–Crippen MR) is 149 cm³/mol. The highest BCUT2D eigenvalue weighted by molar-refractivity contribution is 7.91. The lowest BCUT2D eigenvalue weighted by atomic mass is 10.0. The fraction of sp³-hybridized carbons (Fsp3) is 0.571. The minimum absolute atomic E-state index is 0.0250. The molecule has 0 saturated carbocycles. The summed E-state index contributed by atoms with van der Waals surface area (Å²) in [5, 5.41) is 9.39. The van der Waals surface area contributed by atoms with Crippen LogP contribution >= 0.6 is 11.3 Å². The van der Waals surface area contributed by atoms with Crippen LogP contribution in [0, 0.1) is 0 Å². The Labute approximate surface area is 226 Å². The van der Waals surface area contributed by atoms with Gasteiger partial charge in [-0.25, -0.2) is 17.9 Å². The number of aliphatic carboxylic acids is 1. The molecule has 1 amide bonds. The number of unbranched alkanes of at least 4 members (excludes halogenated alkanes) is 9. The second kappa shape index (κ2) is 16.6. The minimum Gasteiger partial charge on any atom is -0.474 e. The minimum atomic E-state index is -3.65. The first kappa shape index (κ1) is 31.0. The standard InChI is InChI=1S/C28H42N2O5S2/c1-3-5-6-7-8-9-10-11-12-16-21-29-37(34,35)26-20-19-24(36-26)22-30(27(31)28(32)33)25(4-2)23-17-14-13-15-18-23/h13-15,17-20,25,29H,3-12,16,21-22H2,1-2H3,(H,32,33). The summed E-state index contributed by atoms with van der Waals surface area (Å²) in [5.41, 5.74) is 0.835. The first-order valence-corrected chi connectivity index (χ1v) is 15.8.